The molecule has 1 saturated heterocycles. The van der Waals surface area contributed by atoms with E-state index < -0.39 is 0 Å². The molecule has 0 N–H and O–H groups in total. The summed E-state index contributed by atoms with van der Waals surface area (Å²) in [5, 5.41) is 0. The lowest BCUT2D eigenvalue weighted by Gasteiger charge is -2.23. The van der Waals surface area contributed by atoms with E-state index in [0.717, 1.165) is 17.5 Å². The first-order valence-corrected chi connectivity index (χ1v) is 8.75. The Balaban J connectivity index is 2.10. The summed E-state index contributed by atoms with van der Waals surface area (Å²) in [6.45, 7) is 10.8. The monoisotopic (exact) mass is 332 g/mol. The fourth-order valence-electron chi connectivity index (χ4n) is 2.92. The second-order valence-corrected chi connectivity index (χ2v) is 6.56. The molecule has 0 aliphatic carbocycles. The van der Waals surface area contributed by atoms with E-state index >= 15 is 0 Å². The van der Waals surface area contributed by atoms with Gasteiger partial charge in [-0.15, -0.1) is 0 Å². The molecular formula is C19H28N2O3. The Morgan fingerprint density at radius 2 is 1.79 bits per heavy atom. The predicted octanol–water partition coefficient (Wildman–Crippen LogP) is 3.42. The van der Waals surface area contributed by atoms with E-state index in [2.05, 4.69) is 19.9 Å². The van der Waals surface area contributed by atoms with Crippen LogP contribution in [0.2, 0.25) is 0 Å². The van der Waals surface area contributed by atoms with Crippen LogP contribution in [0.4, 0.5) is 4.79 Å². The van der Waals surface area contributed by atoms with Gasteiger partial charge < -0.3 is 14.5 Å². The summed E-state index contributed by atoms with van der Waals surface area (Å²) < 4.78 is 5.06. The van der Waals surface area contributed by atoms with Gasteiger partial charge in [0.15, 0.2) is 0 Å². The number of carbonyl (C=O) groups excluding carboxylic acids is 2. The Morgan fingerprint density at radius 3 is 2.46 bits per heavy atom. The van der Waals surface area contributed by atoms with Gasteiger partial charge in [0.1, 0.15) is 0 Å². The van der Waals surface area contributed by atoms with Crippen LogP contribution in [0.1, 0.15) is 54.6 Å². The largest absolute Gasteiger partial charge is 0.450 e. The van der Waals surface area contributed by atoms with Crippen molar-refractivity contribution in [3.63, 3.8) is 0 Å². The molecule has 0 bridgehead atoms. The number of aryl methyl sites for hydroxylation is 1. The highest BCUT2D eigenvalue weighted by Gasteiger charge is 2.24. The lowest BCUT2D eigenvalue weighted by Crippen LogP contribution is -2.37. The zero-order valence-corrected chi connectivity index (χ0v) is 15.2. The van der Waals surface area contributed by atoms with Gasteiger partial charge in [-0.25, -0.2) is 4.79 Å². The van der Waals surface area contributed by atoms with Gasteiger partial charge in [-0.05, 0) is 43.4 Å². The number of rotatable bonds is 3. The number of carbonyl (C=O) groups is 2. The minimum absolute atomic E-state index is 0.0562. The summed E-state index contributed by atoms with van der Waals surface area (Å²) >= 11 is 0. The fourth-order valence-corrected chi connectivity index (χ4v) is 2.92. The van der Waals surface area contributed by atoms with Crippen molar-refractivity contribution in [3.8, 4) is 0 Å². The number of benzene rings is 1. The van der Waals surface area contributed by atoms with E-state index in [1.807, 2.05) is 24.0 Å². The molecule has 5 nitrogen and oxygen atoms in total. The van der Waals surface area contributed by atoms with E-state index in [1.165, 1.54) is 5.56 Å². The van der Waals surface area contributed by atoms with Crippen molar-refractivity contribution in [3.05, 3.63) is 34.9 Å². The van der Waals surface area contributed by atoms with Gasteiger partial charge in [-0.1, -0.05) is 26.0 Å². The van der Waals surface area contributed by atoms with Gasteiger partial charge in [0.2, 0.25) is 0 Å². The minimum atomic E-state index is -0.287. The quantitative estimate of drug-likeness (QED) is 0.852. The van der Waals surface area contributed by atoms with Crippen LogP contribution in [-0.4, -0.2) is 54.6 Å². The van der Waals surface area contributed by atoms with Crippen LogP contribution >= 0.6 is 0 Å². The third kappa shape index (κ3) is 4.28. The molecule has 1 aromatic rings. The molecule has 0 atom stereocenters. The minimum Gasteiger partial charge on any atom is -0.450 e. The van der Waals surface area contributed by atoms with Crippen LogP contribution in [0.25, 0.3) is 0 Å². The Hall–Kier alpha value is -2.04. The molecule has 0 unspecified atom stereocenters. The number of amides is 2. The van der Waals surface area contributed by atoms with Crippen molar-refractivity contribution in [2.45, 2.75) is 40.0 Å². The Morgan fingerprint density at radius 1 is 1.12 bits per heavy atom. The van der Waals surface area contributed by atoms with Crippen molar-refractivity contribution in [1.82, 2.24) is 9.80 Å². The fraction of sp³-hybridized carbons (Fsp3) is 0.579. The molecule has 5 heteroatoms. The molecule has 1 aromatic carbocycles. The van der Waals surface area contributed by atoms with Crippen LogP contribution in [0.3, 0.4) is 0 Å². The normalized spacial score (nSPS) is 15.4. The maximum atomic E-state index is 12.9. The first-order chi connectivity index (χ1) is 11.4. The summed E-state index contributed by atoms with van der Waals surface area (Å²) in [6, 6.07) is 6.11. The highest BCUT2D eigenvalue weighted by Crippen LogP contribution is 2.20. The van der Waals surface area contributed by atoms with Gasteiger partial charge in [-0.3, -0.25) is 4.79 Å². The first kappa shape index (κ1) is 18.3. The molecule has 1 aliphatic heterocycles. The van der Waals surface area contributed by atoms with E-state index in [4.69, 9.17) is 4.74 Å². The lowest BCUT2D eigenvalue weighted by atomic mass is 9.97. The summed E-state index contributed by atoms with van der Waals surface area (Å²) in [7, 11) is 0. The molecule has 1 heterocycles. The van der Waals surface area contributed by atoms with Crippen molar-refractivity contribution in [2.75, 3.05) is 32.8 Å². The van der Waals surface area contributed by atoms with Gasteiger partial charge in [0.05, 0.1) is 6.61 Å². The molecule has 24 heavy (non-hydrogen) atoms. The molecular weight excluding hydrogens is 304 g/mol. The molecule has 1 aliphatic rings. The number of ether oxygens (including phenoxy) is 1. The van der Waals surface area contributed by atoms with E-state index in [0.29, 0.717) is 38.7 Å². The molecule has 1 fully saturated rings. The van der Waals surface area contributed by atoms with Crippen molar-refractivity contribution < 1.29 is 14.3 Å². The average Bonchev–Trinajstić information content (AvgIpc) is 2.80. The molecule has 0 saturated carbocycles. The van der Waals surface area contributed by atoms with Gasteiger partial charge in [0, 0.05) is 31.7 Å². The molecule has 2 amide bonds. The van der Waals surface area contributed by atoms with Crippen molar-refractivity contribution in [1.29, 1.82) is 0 Å². The zero-order valence-electron chi connectivity index (χ0n) is 15.2. The second-order valence-electron chi connectivity index (χ2n) is 6.56. The van der Waals surface area contributed by atoms with Gasteiger partial charge in [0.25, 0.3) is 5.91 Å². The molecule has 132 valence electrons. The van der Waals surface area contributed by atoms with Crippen LogP contribution in [-0.2, 0) is 4.74 Å². The van der Waals surface area contributed by atoms with Gasteiger partial charge >= 0.3 is 6.09 Å². The molecule has 2 rings (SSSR count). The maximum absolute atomic E-state index is 12.9. The van der Waals surface area contributed by atoms with E-state index in [1.54, 1.807) is 11.8 Å². The Bertz CT molecular complexity index is 598. The van der Waals surface area contributed by atoms with Gasteiger partial charge in [-0.2, -0.15) is 0 Å². The van der Waals surface area contributed by atoms with Crippen LogP contribution in [0, 0.1) is 6.92 Å². The summed E-state index contributed by atoms with van der Waals surface area (Å²) in [6.07, 6.45) is 0.484. The molecule has 0 spiro atoms. The number of nitrogens with zero attached hydrogens (tertiary/aromatic N) is 2. The first-order valence-electron chi connectivity index (χ1n) is 8.75. The highest BCUT2D eigenvalue weighted by molar-refractivity contribution is 5.96. The number of hydrogen-bond donors (Lipinski definition) is 0. The number of hydrogen-bond acceptors (Lipinski definition) is 3. The topological polar surface area (TPSA) is 49.9 Å². The van der Waals surface area contributed by atoms with E-state index in [9.17, 15) is 9.59 Å². The van der Waals surface area contributed by atoms with Crippen LogP contribution in [0.15, 0.2) is 18.2 Å². The SMILES string of the molecule is CCOC(=O)N1CCCN(C(=O)c2cc(C(C)C)ccc2C)CC1. The molecule has 0 radical (unpaired) electrons. The second kappa shape index (κ2) is 8.18. The smallest absolute Gasteiger partial charge is 0.409 e. The third-order valence-electron chi connectivity index (χ3n) is 4.47. The predicted molar refractivity (Wildman–Crippen MR) is 94.4 cm³/mol. The van der Waals surface area contributed by atoms with E-state index in [-0.39, 0.29) is 12.0 Å². The Kier molecular flexibility index (Phi) is 6.23. The highest BCUT2D eigenvalue weighted by atomic mass is 16.6. The summed E-state index contributed by atoms with van der Waals surface area (Å²) in [4.78, 5) is 28.4. The third-order valence-corrected chi connectivity index (χ3v) is 4.47. The zero-order chi connectivity index (χ0) is 17.7. The summed E-state index contributed by atoms with van der Waals surface area (Å²) in [5.74, 6) is 0.446. The summed E-state index contributed by atoms with van der Waals surface area (Å²) in [5.41, 5.74) is 2.94. The standard InChI is InChI=1S/C19H28N2O3/c1-5-24-19(23)21-10-6-9-20(11-12-21)18(22)17-13-16(14(2)3)8-7-15(17)4/h7-8,13-14H,5-6,9-12H2,1-4H3. The average molecular weight is 332 g/mol. The maximum Gasteiger partial charge on any atom is 0.409 e. The van der Waals surface area contributed by atoms with Crippen molar-refractivity contribution >= 4 is 12.0 Å². The Labute approximate surface area is 144 Å². The van der Waals surface area contributed by atoms with Crippen LogP contribution < -0.4 is 0 Å². The lowest BCUT2D eigenvalue weighted by molar-refractivity contribution is 0.0752. The van der Waals surface area contributed by atoms with Crippen LogP contribution in [0.5, 0.6) is 0 Å². The molecule has 0 aromatic heterocycles. The van der Waals surface area contributed by atoms with Crippen molar-refractivity contribution in [2.24, 2.45) is 0 Å².